The molecule has 0 bridgehead atoms. The molecule has 1 aromatic heterocycles. The number of nitrogens with one attached hydrogen (secondary N) is 1. The smallest absolute Gasteiger partial charge is 0.495 e. The van der Waals surface area contributed by atoms with Crippen molar-refractivity contribution in [2.75, 3.05) is 23.9 Å². The van der Waals surface area contributed by atoms with Crippen molar-refractivity contribution in [3.8, 4) is 11.8 Å². The minimum absolute atomic E-state index is 0.0606. The van der Waals surface area contributed by atoms with Crippen LogP contribution >= 0.6 is 0 Å². The highest BCUT2D eigenvalue weighted by Gasteiger charge is 2.35. The maximum absolute atomic E-state index is 13.5. The van der Waals surface area contributed by atoms with Crippen molar-refractivity contribution in [3.05, 3.63) is 71.0 Å². The van der Waals surface area contributed by atoms with Gasteiger partial charge in [0.05, 0.1) is 43.8 Å². The molecular weight excluding hydrogens is 491 g/mol. The second kappa shape index (κ2) is 10.3. The molecule has 0 unspecified atom stereocenters. The van der Waals surface area contributed by atoms with Crippen LogP contribution in [0.3, 0.4) is 0 Å². The molecule has 37 heavy (non-hydrogen) atoms. The summed E-state index contributed by atoms with van der Waals surface area (Å²) >= 11 is 0. The highest BCUT2D eigenvalue weighted by molar-refractivity contribution is 6.13. The number of amides is 2. The number of alkyl halides is 3. The van der Waals surface area contributed by atoms with Crippen molar-refractivity contribution in [3.63, 3.8) is 0 Å². The van der Waals surface area contributed by atoms with Crippen LogP contribution in [-0.4, -0.2) is 47.7 Å². The van der Waals surface area contributed by atoms with Crippen LogP contribution in [0.15, 0.2) is 48.7 Å². The van der Waals surface area contributed by atoms with E-state index in [1.807, 2.05) is 13.0 Å². The molecule has 9 nitrogen and oxygen atoms in total. The van der Waals surface area contributed by atoms with E-state index in [1.54, 1.807) is 29.2 Å². The number of nitriles is 1. The Kier molecular flexibility index (Phi) is 7.17. The first-order valence-corrected chi connectivity index (χ1v) is 11.2. The summed E-state index contributed by atoms with van der Waals surface area (Å²) < 4.78 is 47.0. The van der Waals surface area contributed by atoms with E-state index in [9.17, 15) is 28.0 Å². The molecule has 0 saturated heterocycles. The standard InChI is InChI=1S/C25H22F3N5O4/c1-15-14-32-22(20(13-30-32)31-23(34)17-5-8-21(36-2)18(11-17)12-29)24(35)33(15)19-6-3-16(4-7-19)9-10-37-25(26,27)28/h3-8,11,13,15H,9-10,14H2,1-2H3,(H,31,34)/t15-/m0/s1. The molecule has 0 aliphatic carbocycles. The Morgan fingerprint density at radius 3 is 2.62 bits per heavy atom. The molecule has 3 aromatic rings. The molecular formula is C25H22F3N5O4. The maximum atomic E-state index is 13.5. The number of halogens is 3. The lowest BCUT2D eigenvalue weighted by Crippen LogP contribution is -2.47. The first-order chi connectivity index (χ1) is 17.6. The first-order valence-electron chi connectivity index (χ1n) is 11.2. The number of methoxy groups -OCH3 is 1. The fourth-order valence-electron chi connectivity index (χ4n) is 4.10. The van der Waals surface area contributed by atoms with Crippen LogP contribution in [0.5, 0.6) is 5.75 Å². The van der Waals surface area contributed by atoms with E-state index in [2.05, 4.69) is 15.2 Å². The minimum atomic E-state index is -4.68. The summed E-state index contributed by atoms with van der Waals surface area (Å²) in [4.78, 5) is 27.9. The summed E-state index contributed by atoms with van der Waals surface area (Å²) in [5.41, 5.74) is 1.97. The van der Waals surface area contributed by atoms with Crippen molar-refractivity contribution in [2.45, 2.75) is 32.3 Å². The number of hydrogen-bond acceptors (Lipinski definition) is 6. The Bertz CT molecular complexity index is 1360. The zero-order valence-corrected chi connectivity index (χ0v) is 19.9. The number of aromatic nitrogens is 2. The maximum Gasteiger partial charge on any atom is 0.522 e. The summed E-state index contributed by atoms with van der Waals surface area (Å²) in [5, 5.41) is 16.2. The Balaban J connectivity index is 1.52. The zero-order valence-electron chi connectivity index (χ0n) is 19.9. The highest BCUT2D eigenvalue weighted by atomic mass is 19.4. The third kappa shape index (κ3) is 5.57. The third-order valence-corrected chi connectivity index (χ3v) is 5.84. The average molecular weight is 513 g/mol. The van der Waals surface area contributed by atoms with Crippen LogP contribution in [0, 0.1) is 11.3 Å². The van der Waals surface area contributed by atoms with Gasteiger partial charge in [0.2, 0.25) is 0 Å². The molecule has 4 rings (SSSR count). The normalized spacial score (nSPS) is 15.2. The number of ether oxygens (including phenoxy) is 2. The molecule has 192 valence electrons. The van der Waals surface area contributed by atoms with Gasteiger partial charge in [0, 0.05) is 11.3 Å². The van der Waals surface area contributed by atoms with Crippen molar-refractivity contribution in [1.29, 1.82) is 5.26 Å². The lowest BCUT2D eigenvalue weighted by atomic mass is 10.1. The quantitative estimate of drug-likeness (QED) is 0.509. The topological polar surface area (TPSA) is 109 Å². The molecule has 0 saturated carbocycles. The van der Waals surface area contributed by atoms with Gasteiger partial charge in [-0.05, 0) is 49.2 Å². The van der Waals surface area contributed by atoms with E-state index < -0.39 is 24.8 Å². The molecule has 1 N–H and O–H groups in total. The second-order valence-electron chi connectivity index (χ2n) is 8.30. The van der Waals surface area contributed by atoms with Gasteiger partial charge in [-0.25, -0.2) is 0 Å². The van der Waals surface area contributed by atoms with Crippen molar-refractivity contribution >= 4 is 23.2 Å². The molecule has 12 heteroatoms. The lowest BCUT2D eigenvalue weighted by molar-refractivity contribution is -0.324. The van der Waals surface area contributed by atoms with Gasteiger partial charge in [-0.15, -0.1) is 13.2 Å². The van der Waals surface area contributed by atoms with Crippen LogP contribution in [0.1, 0.15) is 38.9 Å². The summed E-state index contributed by atoms with van der Waals surface area (Å²) in [5.74, 6) is -0.592. The van der Waals surface area contributed by atoms with Crippen LogP contribution in [0.2, 0.25) is 0 Å². The van der Waals surface area contributed by atoms with E-state index in [0.29, 0.717) is 23.5 Å². The fraction of sp³-hybridized carbons (Fsp3) is 0.280. The minimum Gasteiger partial charge on any atom is -0.495 e. The molecule has 2 heterocycles. The third-order valence-electron chi connectivity index (χ3n) is 5.84. The van der Waals surface area contributed by atoms with Gasteiger partial charge in [-0.3, -0.25) is 19.0 Å². The molecule has 1 aliphatic rings. The number of benzene rings is 2. The number of fused-ring (bicyclic) bond motifs is 1. The average Bonchev–Trinajstić information content (AvgIpc) is 3.26. The Morgan fingerprint density at radius 1 is 1.24 bits per heavy atom. The van der Waals surface area contributed by atoms with Crippen molar-refractivity contribution in [2.24, 2.45) is 0 Å². The largest absolute Gasteiger partial charge is 0.522 e. The molecule has 2 amide bonds. The Hall–Kier alpha value is -4.37. The molecule has 1 aliphatic heterocycles. The van der Waals surface area contributed by atoms with Crippen LogP contribution in [-0.2, 0) is 17.7 Å². The van der Waals surface area contributed by atoms with E-state index in [0.717, 1.165) is 0 Å². The summed E-state index contributed by atoms with van der Waals surface area (Å²) in [6, 6.07) is 12.7. The monoisotopic (exact) mass is 513 g/mol. The van der Waals surface area contributed by atoms with Gasteiger partial charge in [0.25, 0.3) is 11.8 Å². The zero-order chi connectivity index (χ0) is 26.7. The van der Waals surface area contributed by atoms with E-state index in [1.165, 1.54) is 36.2 Å². The van der Waals surface area contributed by atoms with E-state index in [4.69, 9.17) is 4.74 Å². The number of anilines is 2. The number of rotatable bonds is 7. The highest BCUT2D eigenvalue weighted by Crippen LogP contribution is 2.30. The van der Waals surface area contributed by atoms with Crippen LogP contribution in [0.25, 0.3) is 0 Å². The van der Waals surface area contributed by atoms with Gasteiger partial charge >= 0.3 is 6.36 Å². The lowest BCUT2D eigenvalue weighted by Gasteiger charge is -2.34. The van der Waals surface area contributed by atoms with Crippen LogP contribution in [0.4, 0.5) is 24.5 Å². The Labute approximate surface area is 210 Å². The summed E-state index contributed by atoms with van der Waals surface area (Å²) in [6.45, 7) is 1.69. The number of carbonyl (C=O) groups is 2. The first kappa shape index (κ1) is 25.7. The van der Waals surface area contributed by atoms with Crippen LogP contribution < -0.4 is 15.0 Å². The summed E-state index contributed by atoms with van der Waals surface area (Å²) in [7, 11) is 1.42. The summed E-state index contributed by atoms with van der Waals surface area (Å²) in [6.07, 6.45) is -3.23. The molecule has 1 atom stereocenters. The Morgan fingerprint density at radius 2 is 1.97 bits per heavy atom. The molecule has 0 spiro atoms. The number of hydrogen-bond donors (Lipinski definition) is 1. The van der Waals surface area contributed by atoms with Gasteiger partial charge in [-0.1, -0.05) is 12.1 Å². The predicted molar refractivity (Wildman–Crippen MR) is 126 cm³/mol. The van der Waals surface area contributed by atoms with Crippen molar-refractivity contribution in [1.82, 2.24) is 9.78 Å². The predicted octanol–water partition coefficient (Wildman–Crippen LogP) is 4.14. The van der Waals surface area contributed by atoms with Gasteiger partial charge in [0.1, 0.15) is 17.5 Å². The second-order valence-corrected chi connectivity index (χ2v) is 8.30. The molecule has 0 radical (unpaired) electrons. The van der Waals surface area contributed by atoms with Gasteiger partial charge in [-0.2, -0.15) is 10.4 Å². The van der Waals surface area contributed by atoms with E-state index in [-0.39, 0.29) is 35.0 Å². The van der Waals surface area contributed by atoms with Gasteiger partial charge in [0.15, 0.2) is 0 Å². The molecule has 0 fully saturated rings. The molecule has 2 aromatic carbocycles. The SMILES string of the molecule is COc1ccc(C(=O)Nc2cnn3c2C(=O)N(c2ccc(CCOC(F)(F)F)cc2)[C@@H](C)C3)cc1C#N. The van der Waals surface area contributed by atoms with Crippen molar-refractivity contribution < 1.29 is 32.2 Å². The number of nitrogens with zero attached hydrogens (tertiary/aromatic N) is 4. The van der Waals surface area contributed by atoms with Gasteiger partial charge < -0.3 is 15.0 Å². The number of carbonyl (C=O) groups excluding carboxylic acids is 2. The fourth-order valence-corrected chi connectivity index (χ4v) is 4.10. The van der Waals surface area contributed by atoms with E-state index >= 15 is 0 Å².